The van der Waals surface area contributed by atoms with Gasteiger partial charge in [0.1, 0.15) is 5.82 Å². The minimum atomic E-state index is 0.660. The Labute approximate surface area is 157 Å². The molecule has 1 aromatic carbocycles. The summed E-state index contributed by atoms with van der Waals surface area (Å²) in [7, 11) is 4.15. The van der Waals surface area contributed by atoms with E-state index in [2.05, 4.69) is 59.4 Å². The number of aromatic nitrogens is 2. The van der Waals surface area contributed by atoms with Crippen molar-refractivity contribution in [2.75, 3.05) is 19.0 Å². The molecular formula is C23H31N3. The number of anilines is 1. The van der Waals surface area contributed by atoms with Crippen LogP contribution in [0.1, 0.15) is 50.6 Å². The molecule has 1 N–H and O–H groups in total. The van der Waals surface area contributed by atoms with Gasteiger partial charge in [0.25, 0.3) is 0 Å². The molecule has 0 atom stereocenters. The van der Waals surface area contributed by atoms with Gasteiger partial charge in [-0.1, -0.05) is 0 Å². The molecule has 0 amide bonds. The van der Waals surface area contributed by atoms with Crippen LogP contribution in [0.5, 0.6) is 0 Å². The Morgan fingerprint density at radius 1 is 1.00 bits per heavy atom. The first-order chi connectivity index (χ1) is 12.6. The quantitative estimate of drug-likeness (QED) is 0.795. The second-order valence-corrected chi connectivity index (χ2v) is 9.62. The van der Waals surface area contributed by atoms with E-state index in [0.29, 0.717) is 5.41 Å². The average Bonchev–Trinajstić information content (AvgIpc) is 3.08. The summed E-state index contributed by atoms with van der Waals surface area (Å²) in [5.74, 6) is 4.16. The number of hydrogen-bond donors (Lipinski definition) is 1. The van der Waals surface area contributed by atoms with Crippen LogP contribution in [0.2, 0.25) is 0 Å². The molecule has 0 radical (unpaired) electrons. The number of hydrogen-bond acceptors (Lipinski definition) is 2. The van der Waals surface area contributed by atoms with Gasteiger partial charge in [-0.3, -0.25) is 0 Å². The molecule has 0 aliphatic heterocycles. The topological polar surface area (TPSA) is 31.9 Å². The SMILES string of the molecule is CN(C)c1ccc(-c2ncc(CCC34CC5CC(CC(C5)C3)C4)[nH]2)cc1. The fourth-order valence-corrected chi connectivity index (χ4v) is 6.55. The van der Waals surface area contributed by atoms with Crippen molar-refractivity contribution in [2.24, 2.45) is 23.2 Å². The van der Waals surface area contributed by atoms with Crippen LogP contribution >= 0.6 is 0 Å². The van der Waals surface area contributed by atoms with Crippen LogP contribution in [0, 0.1) is 23.2 Å². The van der Waals surface area contributed by atoms with Gasteiger partial charge < -0.3 is 9.88 Å². The minimum Gasteiger partial charge on any atom is -0.378 e. The van der Waals surface area contributed by atoms with Gasteiger partial charge in [-0.2, -0.15) is 0 Å². The molecule has 4 fully saturated rings. The number of benzene rings is 1. The van der Waals surface area contributed by atoms with Gasteiger partial charge in [-0.25, -0.2) is 4.98 Å². The number of H-pyrrole nitrogens is 1. The Kier molecular flexibility index (Phi) is 3.88. The fourth-order valence-electron chi connectivity index (χ4n) is 6.55. The number of nitrogens with zero attached hydrogens (tertiary/aromatic N) is 2. The zero-order valence-corrected chi connectivity index (χ0v) is 16.2. The maximum absolute atomic E-state index is 4.66. The normalized spacial score (nSPS) is 32.2. The van der Waals surface area contributed by atoms with Gasteiger partial charge in [0, 0.05) is 37.2 Å². The molecule has 0 unspecified atom stereocenters. The Morgan fingerprint density at radius 3 is 2.19 bits per heavy atom. The van der Waals surface area contributed by atoms with Crippen LogP contribution in [-0.4, -0.2) is 24.1 Å². The number of aryl methyl sites for hydroxylation is 1. The lowest BCUT2D eigenvalue weighted by Gasteiger charge is -2.57. The second kappa shape index (κ2) is 6.14. The van der Waals surface area contributed by atoms with Gasteiger partial charge in [0.15, 0.2) is 0 Å². The fraction of sp³-hybridized carbons (Fsp3) is 0.609. The van der Waals surface area contributed by atoms with Crippen LogP contribution in [-0.2, 0) is 6.42 Å². The molecule has 4 saturated carbocycles. The Morgan fingerprint density at radius 2 is 1.62 bits per heavy atom. The molecule has 4 aliphatic rings. The van der Waals surface area contributed by atoms with E-state index in [0.717, 1.165) is 30.0 Å². The van der Waals surface area contributed by atoms with Crippen LogP contribution in [0.4, 0.5) is 5.69 Å². The predicted molar refractivity (Wildman–Crippen MR) is 107 cm³/mol. The molecule has 4 bridgehead atoms. The van der Waals surface area contributed by atoms with E-state index in [9.17, 15) is 0 Å². The van der Waals surface area contributed by atoms with E-state index in [1.807, 2.05) is 0 Å². The summed E-state index contributed by atoms with van der Waals surface area (Å²) in [6.07, 6.45) is 13.7. The summed E-state index contributed by atoms with van der Waals surface area (Å²) in [5.41, 5.74) is 4.37. The van der Waals surface area contributed by atoms with Crippen molar-refractivity contribution in [3.8, 4) is 11.4 Å². The lowest BCUT2D eigenvalue weighted by atomic mass is 9.48. The molecular weight excluding hydrogens is 318 g/mol. The van der Waals surface area contributed by atoms with Crippen molar-refractivity contribution < 1.29 is 0 Å². The monoisotopic (exact) mass is 349 g/mol. The third kappa shape index (κ3) is 2.95. The molecule has 3 heteroatoms. The van der Waals surface area contributed by atoms with Gasteiger partial charge in [0.05, 0.1) is 0 Å². The van der Waals surface area contributed by atoms with Crippen molar-refractivity contribution in [1.29, 1.82) is 0 Å². The van der Waals surface area contributed by atoms with Crippen LogP contribution in [0.3, 0.4) is 0 Å². The maximum Gasteiger partial charge on any atom is 0.137 e. The molecule has 2 aromatic rings. The summed E-state index contributed by atoms with van der Waals surface area (Å²) in [6, 6.07) is 8.65. The first kappa shape index (κ1) is 16.4. The van der Waals surface area contributed by atoms with E-state index in [-0.39, 0.29) is 0 Å². The summed E-state index contributed by atoms with van der Waals surface area (Å²) < 4.78 is 0. The highest BCUT2D eigenvalue weighted by atomic mass is 15.1. The van der Waals surface area contributed by atoms with Crippen molar-refractivity contribution >= 4 is 5.69 Å². The van der Waals surface area contributed by atoms with E-state index in [4.69, 9.17) is 0 Å². The third-order valence-electron chi connectivity index (χ3n) is 7.38. The highest BCUT2D eigenvalue weighted by Crippen LogP contribution is 2.61. The molecule has 1 heterocycles. The van der Waals surface area contributed by atoms with Crippen LogP contribution in [0.25, 0.3) is 11.4 Å². The first-order valence-corrected chi connectivity index (χ1v) is 10.4. The Hall–Kier alpha value is -1.77. The number of rotatable bonds is 5. The van der Waals surface area contributed by atoms with Crippen LogP contribution in [0.15, 0.2) is 30.5 Å². The van der Waals surface area contributed by atoms with Crippen molar-refractivity contribution in [3.05, 3.63) is 36.2 Å². The minimum absolute atomic E-state index is 0.660. The lowest BCUT2D eigenvalue weighted by molar-refractivity contribution is -0.0570. The largest absolute Gasteiger partial charge is 0.378 e. The third-order valence-corrected chi connectivity index (χ3v) is 7.38. The molecule has 138 valence electrons. The van der Waals surface area contributed by atoms with Gasteiger partial charge in [0.2, 0.25) is 0 Å². The maximum atomic E-state index is 4.66. The number of imidazole rings is 1. The standard InChI is InChI=1S/C23H31N3/c1-26(2)21-5-3-19(4-6-21)22-24-15-20(25-22)7-8-23-12-16-9-17(13-23)11-18(10-16)14-23/h3-6,15-18H,7-14H2,1-2H3,(H,24,25). The average molecular weight is 350 g/mol. The van der Waals surface area contributed by atoms with E-state index in [1.165, 1.54) is 61.9 Å². The molecule has 0 spiro atoms. The van der Waals surface area contributed by atoms with Gasteiger partial charge in [-0.15, -0.1) is 0 Å². The molecule has 1 aromatic heterocycles. The number of aromatic amines is 1. The van der Waals surface area contributed by atoms with Crippen molar-refractivity contribution in [3.63, 3.8) is 0 Å². The van der Waals surface area contributed by atoms with E-state index >= 15 is 0 Å². The summed E-state index contributed by atoms with van der Waals surface area (Å²) >= 11 is 0. The number of nitrogens with one attached hydrogen (secondary N) is 1. The van der Waals surface area contributed by atoms with Crippen LogP contribution < -0.4 is 4.90 Å². The second-order valence-electron chi connectivity index (χ2n) is 9.62. The van der Waals surface area contributed by atoms with Gasteiger partial charge in [-0.05, 0) is 98.8 Å². The summed E-state index contributed by atoms with van der Waals surface area (Å²) in [4.78, 5) is 10.4. The molecule has 4 aliphatic carbocycles. The Bertz CT molecular complexity index is 736. The zero-order valence-electron chi connectivity index (χ0n) is 16.2. The highest BCUT2D eigenvalue weighted by Gasteiger charge is 2.50. The van der Waals surface area contributed by atoms with E-state index < -0.39 is 0 Å². The summed E-state index contributed by atoms with van der Waals surface area (Å²) in [5, 5.41) is 0. The molecule has 26 heavy (non-hydrogen) atoms. The smallest absolute Gasteiger partial charge is 0.137 e. The van der Waals surface area contributed by atoms with E-state index in [1.54, 1.807) is 0 Å². The first-order valence-electron chi connectivity index (χ1n) is 10.4. The Balaban J connectivity index is 1.26. The van der Waals surface area contributed by atoms with Crippen molar-refractivity contribution in [1.82, 2.24) is 9.97 Å². The molecule has 6 rings (SSSR count). The zero-order chi connectivity index (χ0) is 17.7. The highest BCUT2D eigenvalue weighted by molar-refractivity contribution is 5.60. The predicted octanol–water partition coefficient (Wildman–Crippen LogP) is 5.29. The van der Waals surface area contributed by atoms with Crippen molar-refractivity contribution in [2.45, 2.75) is 51.4 Å². The summed E-state index contributed by atoms with van der Waals surface area (Å²) in [6.45, 7) is 0. The lowest BCUT2D eigenvalue weighted by Crippen LogP contribution is -2.46. The van der Waals surface area contributed by atoms with Gasteiger partial charge >= 0.3 is 0 Å². The molecule has 0 saturated heterocycles. The molecule has 3 nitrogen and oxygen atoms in total.